The van der Waals surface area contributed by atoms with Crippen molar-refractivity contribution in [2.45, 2.75) is 51.9 Å². The molecule has 1 saturated carbocycles. The van der Waals surface area contributed by atoms with E-state index in [-0.39, 0.29) is 0 Å². The van der Waals surface area contributed by atoms with Crippen molar-refractivity contribution < 1.29 is 8.78 Å². The zero-order valence-electron chi connectivity index (χ0n) is 13.3. The van der Waals surface area contributed by atoms with Crippen molar-refractivity contribution in [2.24, 2.45) is 0 Å². The van der Waals surface area contributed by atoms with Crippen molar-refractivity contribution in [3.8, 4) is 11.1 Å². The molecular weight excluding hydrogens is 278 g/mol. The van der Waals surface area contributed by atoms with Crippen LogP contribution < -0.4 is 0 Å². The van der Waals surface area contributed by atoms with E-state index in [1.165, 1.54) is 24.8 Å². The molecule has 0 heterocycles. The van der Waals surface area contributed by atoms with Crippen LogP contribution in [-0.4, -0.2) is 0 Å². The molecule has 0 spiro atoms. The summed E-state index contributed by atoms with van der Waals surface area (Å²) in [6, 6.07) is 9.78. The molecule has 22 heavy (non-hydrogen) atoms. The number of halogens is 2. The summed E-state index contributed by atoms with van der Waals surface area (Å²) < 4.78 is 28.7. The lowest BCUT2D eigenvalue weighted by atomic mass is 9.79. The van der Waals surface area contributed by atoms with Gasteiger partial charge in [0.05, 0.1) is 0 Å². The molecular formula is C20H22F2. The van der Waals surface area contributed by atoms with Gasteiger partial charge in [-0.15, -0.1) is 0 Å². The SMILES string of the molecule is CCCc1cc(C)c(-c2ccc(C3CCC3)cc2)c(F)c1F. The minimum absolute atomic E-state index is 0.400. The van der Waals surface area contributed by atoms with E-state index in [1.54, 1.807) is 6.07 Å². The van der Waals surface area contributed by atoms with Crippen molar-refractivity contribution >= 4 is 0 Å². The Hall–Kier alpha value is -1.70. The molecule has 0 saturated heterocycles. The second kappa shape index (κ2) is 6.20. The van der Waals surface area contributed by atoms with Crippen molar-refractivity contribution in [2.75, 3.05) is 0 Å². The van der Waals surface area contributed by atoms with Crippen LogP contribution in [0.3, 0.4) is 0 Å². The number of aryl methyl sites for hydroxylation is 2. The monoisotopic (exact) mass is 300 g/mol. The van der Waals surface area contributed by atoms with E-state index in [0.717, 1.165) is 17.5 Å². The Morgan fingerprint density at radius 3 is 2.27 bits per heavy atom. The van der Waals surface area contributed by atoms with Crippen LogP contribution in [0.1, 0.15) is 55.2 Å². The molecule has 1 aliphatic rings. The van der Waals surface area contributed by atoms with E-state index in [0.29, 0.717) is 23.5 Å². The van der Waals surface area contributed by atoms with Gasteiger partial charge in [-0.05, 0) is 54.4 Å². The lowest BCUT2D eigenvalue weighted by molar-refractivity contribution is 0.420. The predicted octanol–water partition coefficient (Wildman–Crippen LogP) is 6.16. The molecule has 0 bridgehead atoms. The smallest absolute Gasteiger partial charge is 0.167 e. The molecule has 0 aromatic heterocycles. The molecule has 0 atom stereocenters. The zero-order chi connectivity index (χ0) is 15.7. The van der Waals surface area contributed by atoms with Crippen LogP contribution in [0, 0.1) is 18.6 Å². The minimum atomic E-state index is -0.708. The maximum atomic E-state index is 14.5. The Morgan fingerprint density at radius 1 is 1.05 bits per heavy atom. The summed E-state index contributed by atoms with van der Waals surface area (Å²) in [5.41, 5.74) is 3.76. The van der Waals surface area contributed by atoms with Crippen LogP contribution in [0.15, 0.2) is 30.3 Å². The third-order valence-corrected chi connectivity index (χ3v) is 4.77. The summed E-state index contributed by atoms with van der Waals surface area (Å²) in [4.78, 5) is 0. The van der Waals surface area contributed by atoms with Gasteiger partial charge in [-0.3, -0.25) is 0 Å². The molecule has 1 fully saturated rings. The topological polar surface area (TPSA) is 0 Å². The fourth-order valence-electron chi connectivity index (χ4n) is 3.29. The van der Waals surface area contributed by atoms with Crippen LogP contribution in [0.25, 0.3) is 11.1 Å². The first-order valence-electron chi connectivity index (χ1n) is 8.19. The Labute approximate surface area is 131 Å². The molecule has 0 aliphatic heterocycles. The lowest BCUT2D eigenvalue weighted by Gasteiger charge is -2.26. The summed E-state index contributed by atoms with van der Waals surface area (Å²) in [5, 5.41) is 0. The second-order valence-electron chi connectivity index (χ2n) is 6.36. The van der Waals surface area contributed by atoms with Crippen LogP contribution in [-0.2, 0) is 6.42 Å². The zero-order valence-corrected chi connectivity index (χ0v) is 13.3. The predicted molar refractivity (Wildman–Crippen MR) is 87.1 cm³/mol. The fourth-order valence-corrected chi connectivity index (χ4v) is 3.29. The van der Waals surface area contributed by atoms with Gasteiger partial charge in [0, 0.05) is 5.56 Å². The molecule has 116 valence electrons. The lowest BCUT2D eigenvalue weighted by Crippen LogP contribution is -2.08. The summed E-state index contributed by atoms with van der Waals surface area (Å²) in [5.74, 6) is -0.742. The average Bonchev–Trinajstić information content (AvgIpc) is 2.45. The van der Waals surface area contributed by atoms with Crippen LogP contribution in [0.4, 0.5) is 8.78 Å². The Balaban J connectivity index is 1.98. The van der Waals surface area contributed by atoms with Gasteiger partial charge >= 0.3 is 0 Å². The highest BCUT2D eigenvalue weighted by Gasteiger charge is 2.21. The summed E-state index contributed by atoms with van der Waals surface area (Å²) in [6.45, 7) is 3.83. The summed E-state index contributed by atoms with van der Waals surface area (Å²) in [6.07, 6.45) is 5.17. The molecule has 0 radical (unpaired) electrons. The average molecular weight is 300 g/mol. The van der Waals surface area contributed by atoms with Gasteiger partial charge in [0.15, 0.2) is 11.6 Å². The quantitative estimate of drug-likeness (QED) is 0.634. The van der Waals surface area contributed by atoms with E-state index >= 15 is 0 Å². The second-order valence-corrected chi connectivity index (χ2v) is 6.36. The van der Waals surface area contributed by atoms with E-state index in [9.17, 15) is 8.78 Å². The van der Waals surface area contributed by atoms with Crippen molar-refractivity contribution in [1.29, 1.82) is 0 Å². The third-order valence-electron chi connectivity index (χ3n) is 4.77. The first-order chi connectivity index (χ1) is 10.6. The molecule has 0 amide bonds. The van der Waals surface area contributed by atoms with Crippen LogP contribution >= 0.6 is 0 Å². The first-order valence-corrected chi connectivity index (χ1v) is 8.19. The van der Waals surface area contributed by atoms with E-state index in [2.05, 4.69) is 12.1 Å². The highest BCUT2D eigenvalue weighted by Crippen LogP contribution is 2.38. The number of hydrogen-bond acceptors (Lipinski definition) is 0. The first kappa shape index (κ1) is 15.2. The summed E-state index contributed by atoms with van der Waals surface area (Å²) in [7, 11) is 0. The van der Waals surface area contributed by atoms with Gasteiger partial charge in [-0.25, -0.2) is 8.78 Å². The largest absolute Gasteiger partial charge is 0.203 e. The van der Waals surface area contributed by atoms with E-state index in [1.807, 2.05) is 26.0 Å². The number of benzene rings is 2. The summed E-state index contributed by atoms with van der Waals surface area (Å²) >= 11 is 0. The van der Waals surface area contributed by atoms with Crippen LogP contribution in [0.2, 0.25) is 0 Å². The Kier molecular flexibility index (Phi) is 4.28. The van der Waals surface area contributed by atoms with Gasteiger partial charge < -0.3 is 0 Å². The molecule has 2 aromatic rings. The standard InChI is InChI=1S/C20H22F2/c1-3-5-17-12-13(2)18(20(22)19(17)21)16-10-8-15(9-11-16)14-6-4-7-14/h8-12,14H,3-7H2,1-2H3. The molecule has 0 N–H and O–H groups in total. The van der Waals surface area contributed by atoms with Gasteiger partial charge in [0.1, 0.15) is 0 Å². The van der Waals surface area contributed by atoms with Crippen molar-refractivity contribution in [1.82, 2.24) is 0 Å². The van der Waals surface area contributed by atoms with Gasteiger partial charge in [0.2, 0.25) is 0 Å². The molecule has 0 nitrogen and oxygen atoms in total. The van der Waals surface area contributed by atoms with Crippen molar-refractivity contribution in [3.05, 3.63) is 58.7 Å². The number of rotatable bonds is 4. The number of hydrogen-bond donors (Lipinski definition) is 0. The molecule has 2 aromatic carbocycles. The van der Waals surface area contributed by atoms with E-state index in [4.69, 9.17) is 0 Å². The molecule has 1 aliphatic carbocycles. The van der Waals surface area contributed by atoms with Gasteiger partial charge in [-0.2, -0.15) is 0 Å². The molecule has 2 heteroatoms. The Bertz CT molecular complexity index is 667. The molecule has 3 rings (SSSR count). The Morgan fingerprint density at radius 2 is 1.73 bits per heavy atom. The normalized spacial score (nSPS) is 14.9. The fraction of sp³-hybridized carbons (Fsp3) is 0.400. The van der Waals surface area contributed by atoms with Crippen molar-refractivity contribution in [3.63, 3.8) is 0 Å². The third kappa shape index (κ3) is 2.67. The molecule has 0 unspecified atom stereocenters. The maximum Gasteiger partial charge on any atom is 0.167 e. The van der Waals surface area contributed by atoms with Gasteiger partial charge in [-0.1, -0.05) is 50.1 Å². The maximum absolute atomic E-state index is 14.5. The van der Waals surface area contributed by atoms with E-state index < -0.39 is 11.6 Å². The minimum Gasteiger partial charge on any atom is -0.203 e. The van der Waals surface area contributed by atoms with Crippen LogP contribution in [0.5, 0.6) is 0 Å². The highest BCUT2D eigenvalue weighted by molar-refractivity contribution is 5.69. The highest BCUT2D eigenvalue weighted by atomic mass is 19.2. The van der Waals surface area contributed by atoms with Gasteiger partial charge in [0.25, 0.3) is 0 Å².